The smallest absolute Gasteiger partial charge is 0.256 e. The van der Waals surface area contributed by atoms with Gasteiger partial charge in [-0.15, -0.1) is 0 Å². The number of pyridine rings is 1. The summed E-state index contributed by atoms with van der Waals surface area (Å²) in [5.74, 6) is 0.930. The van der Waals surface area contributed by atoms with E-state index in [9.17, 15) is 4.79 Å². The molecule has 0 aliphatic carbocycles. The van der Waals surface area contributed by atoms with E-state index in [1.807, 2.05) is 11.0 Å². The monoisotopic (exact) mass is 460 g/mol. The summed E-state index contributed by atoms with van der Waals surface area (Å²) in [5.41, 5.74) is 0.862. The van der Waals surface area contributed by atoms with Gasteiger partial charge in [0, 0.05) is 32.2 Å². The van der Waals surface area contributed by atoms with E-state index in [2.05, 4.69) is 34.1 Å². The molecular formula is C22H26Cl2N6O. The molecule has 31 heavy (non-hydrogen) atoms. The van der Waals surface area contributed by atoms with Crippen molar-refractivity contribution in [2.45, 2.75) is 32.7 Å². The molecule has 2 aromatic rings. The van der Waals surface area contributed by atoms with Crippen molar-refractivity contribution in [2.75, 3.05) is 23.5 Å². The Kier molecular flexibility index (Phi) is 7.87. The van der Waals surface area contributed by atoms with Crippen molar-refractivity contribution in [3.8, 4) is 0 Å². The van der Waals surface area contributed by atoms with E-state index in [0.29, 0.717) is 40.3 Å². The first-order valence-corrected chi connectivity index (χ1v) is 10.9. The highest BCUT2D eigenvalue weighted by atomic mass is 35.5. The Bertz CT molecular complexity index is 950. The first-order chi connectivity index (χ1) is 15.0. The fraction of sp³-hybridized carbons (Fsp3) is 0.364. The lowest BCUT2D eigenvalue weighted by Crippen LogP contribution is -2.51. The predicted octanol–water partition coefficient (Wildman–Crippen LogP) is 5.17. The summed E-state index contributed by atoms with van der Waals surface area (Å²) in [6.07, 6.45) is 5.16. The summed E-state index contributed by atoms with van der Waals surface area (Å²) in [7, 11) is 0. The number of carbonyl (C=O) groups is 1. The summed E-state index contributed by atoms with van der Waals surface area (Å²) < 4.78 is 0. The summed E-state index contributed by atoms with van der Waals surface area (Å²) >= 11 is 12.4. The zero-order valence-electron chi connectivity index (χ0n) is 17.6. The maximum Gasteiger partial charge on any atom is 0.256 e. The number of anilines is 2. The normalized spacial score (nSPS) is 18.8. The van der Waals surface area contributed by atoms with Crippen LogP contribution < -0.4 is 10.4 Å². The van der Waals surface area contributed by atoms with E-state index in [1.54, 1.807) is 43.6 Å². The van der Waals surface area contributed by atoms with E-state index < -0.39 is 0 Å². The minimum Gasteiger partial charge on any atom is -0.368 e. The number of aromatic nitrogens is 1. The second kappa shape index (κ2) is 10.6. The molecule has 1 aromatic heterocycles. The third kappa shape index (κ3) is 5.35. The molecule has 0 bridgehead atoms. The molecule has 2 heterocycles. The van der Waals surface area contributed by atoms with E-state index >= 15 is 0 Å². The number of hydrazone groups is 2. The average molecular weight is 461 g/mol. The molecule has 1 amide bonds. The number of hydrogen-bond donors (Lipinski definition) is 1. The Balaban J connectivity index is 1.88. The lowest BCUT2D eigenvalue weighted by molar-refractivity contribution is 0.0540. The largest absolute Gasteiger partial charge is 0.368 e. The standard InChI is InChI=1S/C22H26Cl2N6O/c1-4-28-30(25-3)21-17(8-5-9-18(21)24)22(31)29-12-6-7-15(2)19(29)14-27-20-11-10-16(23)13-26-20/h4-5,8-11,13,15,19H,3,6-7,12,14H2,1-2H3,(H,26,27)/b28-4-/t15-,19-/m1/s1. The summed E-state index contributed by atoms with van der Waals surface area (Å²) in [4.78, 5) is 19.9. The minimum atomic E-state index is -0.111. The zero-order valence-corrected chi connectivity index (χ0v) is 19.1. The lowest BCUT2D eigenvalue weighted by Gasteiger charge is -2.40. The molecule has 0 spiro atoms. The Labute approximate surface area is 192 Å². The van der Waals surface area contributed by atoms with E-state index in [-0.39, 0.29) is 11.9 Å². The van der Waals surface area contributed by atoms with Crippen molar-refractivity contribution < 1.29 is 4.79 Å². The maximum atomic E-state index is 13.7. The van der Waals surface area contributed by atoms with Gasteiger partial charge >= 0.3 is 0 Å². The molecule has 0 radical (unpaired) electrons. The SMILES string of the molecule is C=NN(/N=C\C)c1c(Cl)cccc1C(=O)N1CCC[C@@H](C)[C@H]1CNc1ccc(Cl)cn1. The summed E-state index contributed by atoms with van der Waals surface area (Å²) in [6, 6.07) is 8.82. The van der Waals surface area contributed by atoms with E-state index in [1.165, 1.54) is 5.12 Å². The number of benzene rings is 1. The Hall–Kier alpha value is -2.64. The molecule has 9 heteroatoms. The van der Waals surface area contributed by atoms with Gasteiger partial charge in [-0.1, -0.05) is 36.2 Å². The molecule has 0 saturated carbocycles. The van der Waals surface area contributed by atoms with Gasteiger partial charge in [-0.3, -0.25) is 4.79 Å². The fourth-order valence-electron chi connectivity index (χ4n) is 3.82. The highest BCUT2D eigenvalue weighted by Gasteiger charge is 2.34. The molecule has 7 nitrogen and oxygen atoms in total. The predicted molar refractivity (Wildman–Crippen MR) is 129 cm³/mol. The minimum absolute atomic E-state index is 0.00891. The maximum absolute atomic E-state index is 13.7. The number of amides is 1. The van der Waals surface area contributed by atoms with Gasteiger partial charge < -0.3 is 10.2 Å². The van der Waals surface area contributed by atoms with Gasteiger partial charge in [0.1, 0.15) is 11.5 Å². The van der Waals surface area contributed by atoms with Crippen molar-refractivity contribution in [2.24, 2.45) is 16.1 Å². The molecule has 1 aliphatic heterocycles. The van der Waals surface area contributed by atoms with Crippen LogP contribution in [0.1, 0.15) is 37.0 Å². The van der Waals surface area contributed by atoms with Crippen LogP contribution >= 0.6 is 23.2 Å². The molecule has 1 saturated heterocycles. The highest BCUT2D eigenvalue weighted by Crippen LogP contribution is 2.33. The van der Waals surface area contributed by atoms with E-state index in [0.717, 1.165) is 18.7 Å². The molecule has 2 atom stereocenters. The van der Waals surface area contributed by atoms with Crippen LogP contribution in [0.2, 0.25) is 10.0 Å². The van der Waals surface area contributed by atoms with Gasteiger partial charge in [-0.25, -0.2) is 4.98 Å². The molecule has 1 aromatic carbocycles. The number of carbonyl (C=O) groups excluding carboxylic acids is 1. The van der Waals surface area contributed by atoms with Gasteiger partial charge in [0.05, 0.1) is 21.7 Å². The molecule has 1 N–H and O–H groups in total. The quantitative estimate of drug-likeness (QED) is 0.456. The van der Waals surface area contributed by atoms with Crippen LogP contribution in [-0.4, -0.2) is 47.9 Å². The number of hydrogen-bond acceptors (Lipinski definition) is 6. The molecule has 3 rings (SSSR count). The molecule has 164 valence electrons. The second-order valence-corrected chi connectivity index (χ2v) is 8.21. The van der Waals surface area contributed by atoms with Crippen LogP contribution in [-0.2, 0) is 0 Å². The van der Waals surface area contributed by atoms with Gasteiger partial charge in [-0.2, -0.15) is 15.3 Å². The topological polar surface area (TPSA) is 73.2 Å². The number of para-hydroxylation sites is 1. The third-order valence-electron chi connectivity index (χ3n) is 5.37. The van der Waals surface area contributed by atoms with Gasteiger partial charge in [0.15, 0.2) is 0 Å². The van der Waals surface area contributed by atoms with Crippen molar-refractivity contribution in [3.05, 3.63) is 52.1 Å². The number of rotatable bonds is 7. The lowest BCUT2D eigenvalue weighted by atomic mass is 9.90. The van der Waals surface area contributed by atoms with Crippen LogP contribution in [0, 0.1) is 5.92 Å². The first kappa shape index (κ1) is 23.0. The number of nitrogens with one attached hydrogen (secondary N) is 1. The van der Waals surface area contributed by atoms with E-state index in [4.69, 9.17) is 23.2 Å². The van der Waals surface area contributed by atoms with Gasteiger partial charge in [0.2, 0.25) is 0 Å². The van der Waals surface area contributed by atoms with Gasteiger partial charge in [-0.05, 0) is 49.9 Å². The number of piperidine rings is 1. The van der Waals surface area contributed by atoms with Crippen LogP contribution in [0.4, 0.5) is 11.5 Å². The number of halogens is 2. The zero-order chi connectivity index (χ0) is 22.4. The van der Waals surface area contributed by atoms with Crippen molar-refractivity contribution in [1.82, 2.24) is 9.88 Å². The average Bonchev–Trinajstić information content (AvgIpc) is 2.77. The Morgan fingerprint density at radius 3 is 2.87 bits per heavy atom. The molecule has 1 aliphatic rings. The molecule has 1 fully saturated rings. The van der Waals surface area contributed by atoms with Crippen LogP contribution in [0.5, 0.6) is 0 Å². The summed E-state index contributed by atoms with van der Waals surface area (Å²) in [5, 5.41) is 13.7. The van der Waals surface area contributed by atoms with Gasteiger partial charge in [0.25, 0.3) is 5.91 Å². The highest BCUT2D eigenvalue weighted by molar-refractivity contribution is 6.34. The molecular weight excluding hydrogens is 435 g/mol. The van der Waals surface area contributed by atoms with Crippen molar-refractivity contribution in [1.29, 1.82) is 0 Å². The van der Waals surface area contributed by atoms with Crippen molar-refractivity contribution >= 4 is 53.5 Å². The fourth-order valence-corrected chi connectivity index (χ4v) is 4.18. The van der Waals surface area contributed by atoms with Crippen LogP contribution in [0.15, 0.2) is 46.7 Å². The van der Waals surface area contributed by atoms with Crippen LogP contribution in [0.25, 0.3) is 0 Å². The Morgan fingerprint density at radius 1 is 1.39 bits per heavy atom. The van der Waals surface area contributed by atoms with Crippen molar-refractivity contribution in [3.63, 3.8) is 0 Å². The second-order valence-electron chi connectivity index (χ2n) is 7.37. The number of likely N-dealkylation sites (tertiary alicyclic amines) is 1. The Morgan fingerprint density at radius 2 is 2.19 bits per heavy atom. The summed E-state index contributed by atoms with van der Waals surface area (Å²) in [6.45, 7) is 8.72. The first-order valence-electron chi connectivity index (χ1n) is 10.2. The van der Waals surface area contributed by atoms with Crippen LogP contribution in [0.3, 0.4) is 0 Å². The number of nitrogens with zero attached hydrogens (tertiary/aromatic N) is 5. The molecule has 0 unspecified atom stereocenters. The third-order valence-corrected chi connectivity index (χ3v) is 5.90.